The smallest absolute Gasteiger partial charge is 0.224 e. The number of amides is 1. The summed E-state index contributed by atoms with van der Waals surface area (Å²) >= 11 is 5.86. The Morgan fingerprint density at radius 1 is 1.25 bits per heavy atom. The van der Waals surface area contributed by atoms with E-state index >= 15 is 0 Å². The molecule has 0 saturated heterocycles. The molecular formula is C14H15ClF3NO. The highest BCUT2D eigenvalue weighted by molar-refractivity contribution is 6.30. The number of fused-ring (bicyclic) bond motifs is 1. The molecule has 1 aliphatic rings. The molecule has 0 saturated carbocycles. The van der Waals surface area contributed by atoms with Crippen molar-refractivity contribution in [1.29, 1.82) is 0 Å². The predicted octanol–water partition coefficient (Wildman–Crippen LogP) is 4.30. The fraction of sp³-hybridized carbons (Fsp3) is 0.500. The number of nitrogens with zero attached hydrogens (tertiary/aromatic N) is 1. The summed E-state index contributed by atoms with van der Waals surface area (Å²) in [4.78, 5) is 11.8. The van der Waals surface area contributed by atoms with E-state index < -0.39 is 30.6 Å². The average molecular weight is 306 g/mol. The number of rotatable bonds is 1. The first-order valence-electron chi connectivity index (χ1n) is 6.39. The van der Waals surface area contributed by atoms with E-state index in [2.05, 4.69) is 0 Å². The molecular weight excluding hydrogens is 291 g/mol. The van der Waals surface area contributed by atoms with Crippen LogP contribution in [0.5, 0.6) is 0 Å². The van der Waals surface area contributed by atoms with Crippen LogP contribution >= 0.6 is 11.6 Å². The van der Waals surface area contributed by atoms with Crippen molar-refractivity contribution < 1.29 is 18.0 Å². The van der Waals surface area contributed by atoms with Gasteiger partial charge in [0, 0.05) is 17.9 Å². The maximum Gasteiger partial charge on any atom is 0.224 e. The van der Waals surface area contributed by atoms with E-state index in [9.17, 15) is 18.0 Å². The third kappa shape index (κ3) is 2.39. The minimum atomic E-state index is -2.33. The lowest BCUT2D eigenvalue weighted by Gasteiger charge is -2.30. The zero-order valence-corrected chi connectivity index (χ0v) is 11.9. The van der Waals surface area contributed by atoms with Gasteiger partial charge in [0.05, 0.1) is 0 Å². The molecule has 2 rings (SSSR count). The summed E-state index contributed by atoms with van der Waals surface area (Å²) in [6.07, 6.45) is -6.03. The van der Waals surface area contributed by atoms with E-state index in [1.165, 1.54) is 18.2 Å². The van der Waals surface area contributed by atoms with Crippen LogP contribution in [0.3, 0.4) is 0 Å². The molecule has 0 fully saturated rings. The zero-order valence-electron chi connectivity index (χ0n) is 11.1. The van der Waals surface area contributed by atoms with Gasteiger partial charge in [-0.1, -0.05) is 24.6 Å². The molecule has 6 heteroatoms. The lowest BCUT2D eigenvalue weighted by Crippen LogP contribution is -2.44. The van der Waals surface area contributed by atoms with Gasteiger partial charge in [-0.25, -0.2) is 13.2 Å². The molecule has 110 valence electrons. The molecule has 20 heavy (non-hydrogen) atoms. The van der Waals surface area contributed by atoms with Crippen LogP contribution in [0.4, 0.5) is 13.2 Å². The Morgan fingerprint density at radius 3 is 2.45 bits per heavy atom. The summed E-state index contributed by atoms with van der Waals surface area (Å²) in [7, 11) is 0. The van der Waals surface area contributed by atoms with E-state index in [0.717, 1.165) is 6.92 Å². The first-order chi connectivity index (χ1) is 9.38. The third-order valence-electron chi connectivity index (χ3n) is 3.65. The fourth-order valence-corrected chi connectivity index (χ4v) is 2.83. The normalized spacial score (nSPS) is 29.8. The predicted molar refractivity (Wildman–Crippen MR) is 70.6 cm³/mol. The number of halogens is 4. The highest BCUT2D eigenvalue weighted by Gasteiger charge is 2.44. The van der Waals surface area contributed by atoms with Crippen LogP contribution in [-0.4, -0.2) is 23.4 Å². The van der Waals surface area contributed by atoms with Gasteiger partial charge in [0.15, 0.2) is 12.5 Å². The number of carbonyl (C=O) groups excluding carboxylic acids is 1. The molecule has 1 amide bonds. The van der Waals surface area contributed by atoms with E-state index in [0.29, 0.717) is 21.9 Å². The average Bonchev–Trinajstić information content (AvgIpc) is 2.45. The summed E-state index contributed by atoms with van der Waals surface area (Å²) < 4.78 is 42.9. The molecule has 0 aliphatic carbocycles. The van der Waals surface area contributed by atoms with Crippen molar-refractivity contribution in [2.75, 3.05) is 0 Å². The molecule has 0 N–H and O–H groups in total. The van der Waals surface area contributed by atoms with Crippen LogP contribution in [0, 0.1) is 0 Å². The van der Waals surface area contributed by atoms with Crippen molar-refractivity contribution in [1.82, 2.24) is 4.90 Å². The third-order valence-corrected chi connectivity index (χ3v) is 3.89. The molecule has 1 aromatic rings. The van der Waals surface area contributed by atoms with E-state index in [-0.39, 0.29) is 5.56 Å². The second-order valence-corrected chi connectivity index (χ2v) is 5.30. The second-order valence-electron chi connectivity index (χ2n) is 4.86. The molecule has 0 bridgehead atoms. The first kappa shape index (κ1) is 15.2. The Morgan fingerprint density at radius 2 is 1.90 bits per heavy atom. The molecule has 1 aliphatic heterocycles. The Balaban J connectivity index is 2.61. The van der Waals surface area contributed by atoms with Crippen molar-refractivity contribution >= 4 is 17.5 Å². The number of alkyl halides is 3. The Kier molecular flexibility index (Phi) is 4.28. The molecule has 4 unspecified atom stereocenters. The van der Waals surface area contributed by atoms with Crippen LogP contribution in [0.1, 0.15) is 43.5 Å². The molecule has 4 atom stereocenters. The van der Waals surface area contributed by atoms with Gasteiger partial charge in [0.25, 0.3) is 0 Å². The van der Waals surface area contributed by atoms with Crippen molar-refractivity contribution in [2.24, 2.45) is 0 Å². The summed E-state index contributed by atoms with van der Waals surface area (Å²) in [5.41, 5.74) is 0.381. The van der Waals surface area contributed by atoms with E-state index in [1.54, 1.807) is 6.92 Å². The summed E-state index contributed by atoms with van der Waals surface area (Å²) in [5, 5.41) is 0.327. The minimum absolute atomic E-state index is 0.0557. The molecule has 0 radical (unpaired) electrons. The standard InChI is InChI=1S/C14H15ClF3NO/c1-3-9-11-6-8(15)4-5-10(11)12(16)14(18)19(7(2)20)13(9)17/h4-6,9,12-14H,3H2,1-2H3. The molecule has 2 nitrogen and oxygen atoms in total. The van der Waals surface area contributed by atoms with Crippen LogP contribution in [0.15, 0.2) is 18.2 Å². The van der Waals surface area contributed by atoms with Gasteiger partial charge in [-0.2, -0.15) is 0 Å². The molecule has 0 aromatic heterocycles. The maximum absolute atomic E-state index is 14.5. The van der Waals surface area contributed by atoms with Crippen molar-refractivity contribution in [3.63, 3.8) is 0 Å². The Bertz CT molecular complexity index is 525. The number of hydrogen-bond acceptors (Lipinski definition) is 1. The number of carbonyl (C=O) groups is 1. The topological polar surface area (TPSA) is 20.3 Å². The van der Waals surface area contributed by atoms with Gasteiger partial charge in [0.1, 0.15) is 0 Å². The highest BCUT2D eigenvalue weighted by Crippen LogP contribution is 2.43. The Labute approximate surface area is 120 Å². The zero-order chi connectivity index (χ0) is 15.0. The Hall–Kier alpha value is -1.23. The maximum atomic E-state index is 14.5. The van der Waals surface area contributed by atoms with Gasteiger partial charge < -0.3 is 0 Å². The summed E-state index contributed by atoms with van der Waals surface area (Å²) in [6, 6.07) is 4.23. The lowest BCUT2D eigenvalue weighted by atomic mass is 9.90. The fourth-order valence-electron chi connectivity index (χ4n) is 2.65. The second kappa shape index (κ2) is 5.64. The van der Waals surface area contributed by atoms with Crippen molar-refractivity contribution in [2.45, 2.75) is 44.9 Å². The molecule has 0 spiro atoms. The summed E-state index contributed by atoms with van der Waals surface area (Å²) in [5.74, 6) is -1.63. The largest absolute Gasteiger partial charge is 0.278 e. The van der Waals surface area contributed by atoms with Crippen LogP contribution in [0.25, 0.3) is 0 Å². The van der Waals surface area contributed by atoms with Crippen LogP contribution in [0.2, 0.25) is 5.02 Å². The van der Waals surface area contributed by atoms with Gasteiger partial charge in [-0.05, 0) is 29.7 Å². The van der Waals surface area contributed by atoms with E-state index in [1.807, 2.05) is 0 Å². The van der Waals surface area contributed by atoms with Crippen LogP contribution in [-0.2, 0) is 4.79 Å². The monoisotopic (exact) mass is 305 g/mol. The highest BCUT2D eigenvalue weighted by atomic mass is 35.5. The quantitative estimate of drug-likeness (QED) is 0.709. The van der Waals surface area contributed by atoms with E-state index in [4.69, 9.17) is 11.6 Å². The minimum Gasteiger partial charge on any atom is -0.278 e. The van der Waals surface area contributed by atoms with Crippen LogP contribution < -0.4 is 0 Å². The molecule has 1 heterocycles. The SMILES string of the molecule is CCC1c2cc(Cl)ccc2C(F)C(F)N(C(C)=O)C1F. The number of benzene rings is 1. The first-order valence-corrected chi connectivity index (χ1v) is 6.76. The van der Waals surface area contributed by atoms with Gasteiger partial charge >= 0.3 is 0 Å². The van der Waals surface area contributed by atoms with Gasteiger partial charge in [-0.15, -0.1) is 0 Å². The summed E-state index contributed by atoms with van der Waals surface area (Å²) in [6.45, 7) is 2.73. The number of hydrogen-bond donors (Lipinski definition) is 0. The molecule has 1 aromatic carbocycles. The van der Waals surface area contributed by atoms with Gasteiger partial charge in [-0.3, -0.25) is 9.69 Å². The van der Waals surface area contributed by atoms with Crippen molar-refractivity contribution in [3.8, 4) is 0 Å². The lowest BCUT2D eigenvalue weighted by molar-refractivity contribution is -0.149. The van der Waals surface area contributed by atoms with Gasteiger partial charge in [0.2, 0.25) is 12.2 Å². The van der Waals surface area contributed by atoms with Crippen molar-refractivity contribution in [3.05, 3.63) is 34.3 Å².